The first-order chi connectivity index (χ1) is 7.60. The first-order valence-corrected chi connectivity index (χ1v) is 5.67. The zero-order valence-corrected chi connectivity index (χ0v) is 10.1. The highest BCUT2D eigenvalue weighted by Crippen LogP contribution is 2.29. The Hall–Kier alpha value is -1.35. The third-order valence-electron chi connectivity index (χ3n) is 3.36. The average Bonchev–Trinajstić information content (AvgIpc) is 2.74. The van der Waals surface area contributed by atoms with Crippen molar-refractivity contribution in [2.24, 2.45) is 5.73 Å². The van der Waals surface area contributed by atoms with Crippen LogP contribution in [0.25, 0.3) is 11.1 Å². The van der Waals surface area contributed by atoms with Crippen molar-refractivity contribution < 1.29 is 4.42 Å². The molecule has 1 aromatic heterocycles. The SMILES string of the molecule is CCC(C)(CN)c1nc2cccc(C)c2o1. The minimum absolute atomic E-state index is 0.161. The number of nitrogens with zero attached hydrogens (tertiary/aromatic N) is 1. The van der Waals surface area contributed by atoms with Gasteiger partial charge in [-0.25, -0.2) is 4.98 Å². The van der Waals surface area contributed by atoms with Gasteiger partial charge >= 0.3 is 0 Å². The molecule has 0 saturated carbocycles. The van der Waals surface area contributed by atoms with Gasteiger partial charge in [-0.3, -0.25) is 0 Å². The van der Waals surface area contributed by atoms with Crippen LogP contribution in [0.3, 0.4) is 0 Å². The fourth-order valence-corrected chi connectivity index (χ4v) is 1.73. The summed E-state index contributed by atoms with van der Waals surface area (Å²) >= 11 is 0. The van der Waals surface area contributed by atoms with E-state index in [1.807, 2.05) is 25.1 Å². The van der Waals surface area contributed by atoms with Gasteiger partial charge in [0.1, 0.15) is 5.52 Å². The van der Waals surface area contributed by atoms with Crippen LogP contribution < -0.4 is 5.73 Å². The third kappa shape index (κ3) is 1.61. The first-order valence-electron chi connectivity index (χ1n) is 5.67. The molecule has 2 N–H and O–H groups in total. The van der Waals surface area contributed by atoms with Crippen molar-refractivity contribution in [3.05, 3.63) is 29.7 Å². The summed E-state index contributed by atoms with van der Waals surface area (Å²) in [5.74, 6) is 0.752. The highest BCUT2D eigenvalue weighted by atomic mass is 16.3. The van der Waals surface area contributed by atoms with Gasteiger partial charge in [0.2, 0.25) is 5.89 Å². The van der Waals surface area contributed by atoms with E-state index in [0.29, 0.717) is 6.54 Å². The lowest BCUT2D eigenvalue weighted by Gasteiger charge is -2.21. The maximum Gasteiger partial charge on any atom is 0.202 e. The first kappa shape index (κ1) is 11.1. The van der Waals surface area contributed by atoms with E-state index in [9.17, 15) is 0 Å². The number of oxazole rings is 1. The number of hydrogen-bond acceptors (Lipinski definition) is 3. The summed E-state index contributed by atoms with van der Waals surface area (Å²) in [6.45, 7) is 6.78. The van der Waals surface area contributed by atoms with Gasteiger partial charge in [0.05, 0.1) is 5.41 Å². The molecular weight excluding hydrogens is 200 g/mol. The van der Waals surface area contributed by atoms with Gasteiger partial charge in [0.15, 0.2) is 5.58 Å². The van der Waals surface area contributed by atoms with Crippen molar-refractivity contribution in [2.45, 2.75) is 32.6 Å². The molecule has 0 spiro atoms. The van der Waals surface area contributed by atoms with Crippen LogP contribution >= 0.6 is 0 Å². The number of aromatic nitrogens is 1. The van der Waals surface area contributed by atoms with Gasteiger partial charge in [-0.15, -0.1) is 0 Å². The second-order valence-corrected chi connectivity index (χ2v) is 4.56. The Labute approximate surface area is 95.7 Å². The Kier molecular flexibility index (Phi) is 2.72. The van der Waals surface area contributed by atoms with Crippen molar-refractivity contribution in [1.82, 2.24) is 4.98 Å². The number of rotatable bonds is 3. The molecule has 0 aliphatic rings. The van der Waals surface area contributed by atoms with E-state index in [-0.39, 0.29) is 5.41 Å². The van der Waals surface area contributed by atoms with Gasteiger partial charge in [0, 0.05) is 6.54 Å². The average molecular weight is 218 g/mol. The quantitative estimate of drug-likeness (QED) is 0.861. The van der Waals surface area contributed by atoms with Gasteiger partial charge in [0.25, 0.3) is 0 Å². The van der Waals surface area contributed by atoms with Crippen LogP contribution in [-0.2, 0) is 5.41 Å². The lowest BCUT2D eigenvalue weighted by atomic mass is 9.88. The zero-order chi connectivity index (χ0) is 11.8. The second-order valence-electron chi connectivity index (χ2n) is 4.56. The fraction of sp³-hybridized carbons (Fsp3) is 0.462. The largest absolute Gasteiger partial charge is 0.440 e. The predicted octanol–water partition coefficient (Wildman–Crippen LogP) is 2.76. The smallest absolute Gasteiger partial charge is 0.202 e. The Morgan fingerprint density at radius 1 is 1.44 bits per heavy atom. The summed E-state index contributed by atoms with van der Waals surface area (Å²) in [6.07, 6.45) is 0.926. The van der Waals surface area contributed by atoms with Crippen LogP contribution in [0, 0.1) is 6.92 Å². The van der Waals surface area contributed by atoms with Crippen LogP contribution in [-0.4, -0.2) is 11.5 Å². The van der Waals surface area contributed by atoms with Crippen molar-refractivity contribution >= 4 is 11.1 Å². The maximum atomic E-state index is 5.85. The number of para-hydroxylation sites is 1. The van der Waals surface area contributed by atoms with Crippen molar-refractivity contribution in [3.8, 4) is 0 Å². The fourth-order valence-electron chi connectivity index (χ4n) is 1.73. The van der Waals surface area contributed by atoms with E-state index in [0.717, 1.165) is 29.0 Å². The van der Waals surface area contributed by atoms with Gasteiger partial charge in [-0.1, -0.05) is 19.1 Å². The molecule has 1 unspecified atom stereocenters. The Bertz CT molecular complexity index is 498. The van der Waals surface area contributed by atoms with Crippen molar-refractivity contribution in [2.75, 3.05) is 6.54 Å². The number of nitrogens with two attached hydrogens (primary N) is 1. The summed E-state index contributed by atoms with van der Waals surface area (Å²) in [5.41, 5.74) is 8.57. The molecule has 2 aromatic rings. The topological polar surface area (TPSA) is 52.0 Å². The molecule has 0 aliphatic heterocycles. The normalized spacial score (nSPS) is 15.2. The molecule has 3 heteroatoms. The molecule has 86 valence electrons. The molecule has 0 amide bonds. The zero-order valence-electron chi connectivity index (χ0n) is 10.1. The van der Waals surface area contributed by atoms with E-state index < -0.39 is 0 Å². The van der Waals surface area contributed by atoms with E-state index in [4.69, 9.17) is 10.2 Å². The standard InChI is InChI=1S/C13H18N2O/c1-4-13(3,8-14)12-15-10-7-5-6-9(2)11(10)16-12/h5-7H,4,8,14H2,1-3H3. The van der Waals surface area contributed by atoms with Crippen LogP contribution in [0.15, 0.2) is 22.6 Å². The minimum atomic E-state index is -0.161. The monoisotopic (exact) mass is 218 g/mol. The summed E-state index contributed by atoms with van der Waals surface area (Å²) < 4.78 is 5.85. The molecule has 2 rings (SSSR count). The Morgan fingerprint density at radius 2 is 2.19 bits per heavy atom. The number of benzene rings is 1. The van der Waals surface area contributed by atoms with E-state index in [2.05, 4.69) is 18.8 Å². The Morgan fingerprint density at radius 3 is 2.75 bits per heavy atom. The van der Waals surface area contributed by atoms with Crippen LogP contribution in [0.4, 0.5) is 0 Å². The molecule has 3 nitrogen and oxygen atoms in total. The molecule has 16 heavy (non-hydrogen) atoms. The lowest BCUT2D eigenvalue weighted by Crippen LogP contribution is -2.31. The maximum absolute atomic E-state index is 5.85. The molecular formula is C13H18N2O. The second kappa shape index (κ2) is 3.91. The number of aryl methyl sites for hydroxylation is 1. The highest BCUT2D eigenvalue weighted by molar-refractivity contribution is 5.76. The summed E-state index contributed by atoms with van der Waals surface area (Å²) in [6, 6.07) is 6.00. The van der Waals surface area contributed by atoms with Crippen LogP contribution in [0.5, 0.6) is 0 Å². The number of hydrogen-bond donors (Lipinski definition) is 1. The van der Waals surface area contributed by atoms with Crippen molar-refractivity contribution in [3.63, 3.8) is 0 Å². The molecule has 0 saturated heterocycles. The minimum Gasteiger partial charge on any atom is -0.440 e. The summed E-state index contributed by atoms with van der Waals surface area (Å²) in [7, 11) is 0. The molecule has 1 heterocycles. The molecule has 0 bridgehead atoms. The molecule has 1 aromatic carbocycles. The predicted molar refractivity (Wildman–Crippen MR) is 65.4 cm³/mol. The van der Waals surface area contributed by atoms with Crippen LogP contribution in [0.2, 0.25) is 0 Å². The lowest BCUT2D eigenvalue weighted by molar-refractivity contribution is 0.353. The van der Waals surface area contributed by atoms with E-state index in [1.54, 1.807) is 0 Å². The van der Waals surface area contributed by atoms with Crippen molar-refractivity contribution in [1.29, 1.82) is 0 Å². The molecule has 0 radical (unpaired) electrons. The summed E-state index contributed by atoms with van der Waals surface area (Å²) in [4.78, 5) is 4.54. The third-order valence-corrected chi connectivity index (χ3v) is 3.36. The molecule has 1 atom stereocenters. The van der Waals surface area contributed by atoms with Gasteiger partial charge in [-0.05, 0) is 31.9 Å². The summed E-state index contributed by atoms with van der Waals surface area (Å²) in [5, 5.41) is 0. The molecule has 0 fully saturated rings. The van der Waals surface area contributed by atoms with Crippen LogP contribution in [0.1, 0.15) is 31.7 Å². The van der Waals surface area contributed by atoms with E-state index in [1.165, 1.54) is 0 Å². The Balaban J connectivity index is 2.59. The van der Waals surface area contributed by atoms with Gasteiger partial charge in [-0.2, -0.15) is 0 Å². The van der Waals surface area contributed by atoms with E-state index >= 15 is 0 Å². The highest BCUT2D eigenvalue weighted by Gasteiger charge is 2.28. The van der Waals surface area contributed by atoms with Gasteiger partial charge < -0.3 is 10.2 Å². The molecule has 0 aliphatic carbocycles. The number of fused-ring (bicyclic) bond motifs is 1.